The van der Waals surface area contributed by atoms with E-state index in [2.05, 4.69) is 16.3 Å². The molecule has 96 valence electrons. The summed E-state index contributed by atoms with van der Waals surface area (Å²) in [7, 11) is 0. The smallest absolute Gasteiger partial charge is 0.120 e. The molecule has 19 heavy (non-hydrogen) atoms. The molecule has 0 aliphatic carbocycles. The van der Waals surface area contributed by atoms with E-state index in [0.29, 0.717) is 12.4 Å². The summed E-state index contributed by atoms with van der Waals surface area (Å²) in [6, 6.07) is 13.6. The lowest BCUT2D eigenvalue weighted by Gasteiger charge is -2.04. The standard InChI is InChI=1S/C14H13N3OS/c1-2-18-12-5-3-11(4-6-12)13-7-8-14(17-16-13)19-10-9-15/h3-8H,2,10H2,1H3. The number of benzene rings is 1. The van der Waals surface area contributed by atoms with E-state index in [1.54, 1.807) is 0 Å². The molecule has 0 aliphatic heterocycles. The van der Waals surface area contributed by atoms with E-state index >= 15 is 0 Å². The van der Waals surface area contributed by atoms with Gasteiger partial charge in [-0.1, -0.05) is 11.8 Å². The maximum atomic E-state index is 8.50. The molecule has 0 fully saturated rings. The minimum Gasteiger partial charge on any atom is -0.494 e. The molecule has 0 atom stereocenters. The van der Waals surface area contributed by atoms with Crippen molar-refractivity contribution in [2.45, 2.75) is 11.9 Å². The summed E-state index contributed by atoms with van der Waals surface area (Å²) in [6.07, 6.45) is 0. The van der Waals surface area contributed by atoms with Gasteiger partial charge in [0.15, 0.2) is 0 Å². The van der Waals surface area contributed by atoms with E-state index in [1.165, 1.54) is 11.8 Å². The monoisotopic (exact) mass is 271 g/mol. The third-order valence-corrected chi connectivity index (χ3v) is 3.17. The number of thioether (sulfide) groups is 1. The molecule has 5 heteroatoms. The van der Waals surface area contributed by atoms with Crippen LogP contribution in [-0.2, 0) is 0 Å². The lowest BCUT2D eigenvalue weighted by atomic mass is 10.1. The molecule has 0 saturated heterocycles. The summed E-state index contributed by atoms with van der Waals surface area (Å²) in [4.78, 5) is 0. The molecule has 1 heterocycles. The maximum Gasteiger partial charge on any atom is 0.120 e. The minimum absolute atomic E-state index is 0.386. The van der Waals surface area contributed by atoms with Gasteiger partial charge in [-0.15, -0.1) is 10.2 Å². The Morgan fingerprint density at radius 1 is 1.16 bits per heavy atom. The first-order chi connectivity index (χ1) is 9.33. The van der Waals surface area contributed by atoms with Gasteiger partial charge in [-0.3, -0.25) is 0 Å². The Bertz CT molecular complexity index is 561. The average Bonchev–Trinajstić information content (AvgIpc) is 2.47. The predicted octanol–water partition coefficient (Wildman–Crippen LogP) is 3.16. The van der Waals surface area contributed by atoms with Crippen molar-refractivity contribution >= 4 is 11.8 Å². The Morgan fingerprint density at radius 3 is 2.53 bits per heavy atom. The van der Waals surface area contributed by atoms with Crippen molar-refractivity contribution in [2.24, 2.45) is 0 Å². The van der Waals surface area contributed by atoms with E-state index < -0.39 is 0 Å². The highest BCUT2D eigenvalue weighted by atomic mass is 32.2. The third-order valence-electron chi connectivity index (χ3n) is 2.39. The van der Waals surface area contributed by atoms with Crippen LogP contribution in [0.4, 0.5) is 0 Å². The van der Waals surface area contributed by atoms with Gasteiger partial charge < -0.3 is 4.74 Å². The zero-order valence-electron chi connectivity index (χ0n) is 10.5. The molecule has 1 aromatic heterocycles. The summed E-state index contributed by atoms with van der Waals surface area (Å²) in [6.45, 7) is 2.61. The Morgan fingerprint density at radius 2 is 1.95 bits per heavy atom. The second-order valence-corrected chi connectivity index (χ2v) is 4.66. The molecule has 0 aliphatic rings. The fraction of sp³-hybridized carbons (Fsp3) is 0.214. The first-order valence-electron chi connectivity index (χ1n) is 5.90. The molecule has 2 aromatic rings. The van der Waals surface area contributed by atoms with Crippen LogP contribution in [0.3, 0.4) is 0 Å². The first-order valence-corrected chi connectivity index (χ1v) is 6.88. The van der Waals surface area contributed by atoms with Crippen LogP contribution in [0.15, 0.2) is 41.4 Å². The highest BCUT2D eigenvalue weighted by Crippen LogP contribution is 2.22. The van der Waals surface area contributed by atoms with E-state index in [0.717, 1.165) is 22.0 Å². The van der Waals surface area contributed by atoms with E-state index in [1.807, 2.05) is 43.3 Å². The van der Waals surface area contributed by atoms with Crippen molar-refractivity contribution < 1.29 is 4.74 Å². The van der Waals surface area contributed by atoms with Crippen LogP contribution in [0, 0.1) is 11.3 Å². The van der Waals surface area contributed by atoms with Gasteiger partial charge in [-0.05, 0) is 43.3 Å². The predicted molar refractivity (Wildman–Crippen MR) is 75.0 cm³/mol. The molecular formula is C14H13N3OS. The number of hydrogen-bond donors (Lipinski definition) is 0. The van der Waals surface area contributed by atoms with Crippen LogP contribution >= 0.6 is 11.8 Å². The molecule has 2 rings (SSSR count). The summed E-state index contributed by atoms with van der Waals surface area (Å²) in [5.74, 6) is 1.23. The zero-order valence-corrected chi connectivity index (χ0v) is 11.4. The van der Waals surface area contributed by atoms with Crippen LogP contribution in [-0.4, -0.2) is 22.6 Å². The normalized spacial score (nSPS) is 9.89. The molecule has 0 saturated carbocycles. The van der Waals surface area contributed by atoms with Crippen LogP contribution in [0.1, 0.15) is 6.92 Å². The van der Waals surface area contributed by atoms with Gasteiger partial charge in [0.05, 0.1) is 24.1 Å². The Balaban J connectivity index is 2.11. The zero-order chi connectivity index (χ0) is 13.5. The fourth-order valence-electron chi connectivity index (χ4n) is 1.55. The number of nitrogens with zero attached hydrogens (tertiary/aromatic N) is 3. The molecule has 1 aromatic carbocycles. The molecule has 4 nitrogen and oxygen atoms in total. The average molecular weight is 271 g/mol. The van der Waals surface area contributed by atoms with Crippen molar-refractivity contribution in [1.29, 1.82) is 5.26 Å². The van der Waals surface area contributed by atoms with Crippen LogP contribution < -0.4 is 4.74 Å². The van der Waals surface area contributed by atoms with E-state index in [4.69, 9.17) is 10.00 Å². The molecule has 0 bridgehead atoms. The number of hydrogen-bond acceptors (Lipinski definition) is 5. The van der Waals surface area contributed by atoms with Gasteiger partial charge in [0, 0.05) is 5.56 Å². The SMILES string of the molecule is CCOc1ccc(-c2ccc(SCC#N)nn2)cc1. The summed E-state index contributed by atoms with van der Waals surface area (Å²) < 4.78 is 5.39. The van der Waals surface area contributed by atoms with Gasteiger partial charge in [0.2, 0.25) is 0 Å². The van der Waals surface area contributed by atoms with Crippen molar-refractivity contribution in [1.82, 2.24) is 10.2 Å². The lowest BCUT2D eigenvalue weighted by Crippen LogP contribution is -1.92. The summed E-state index contributed by atoms with van der Waals surface area (Å²) in [5, 5.41) is 17.5. The van der Waals surface area contributed by atoms with Crippen LogP contribution in [0.5, 0.6) is 5.75 Å². The van der Waals surface area contributed by atoms with Gasteiger partial charge >= 0.3 is 0 Å². The van der Waals surface area contributed by atoms with Crippen molar-refractivity contribution in [3.8, 4) is 23.1 Å². The topological polar surface area (TPSA) is 58.8 Å². The molecule has 0 radical (unpaired) electrons. The largest absolute Gasteiger partial charge is 0.494 e. The van der Waals surface area contributed by atoms with E-state index in [-0.39, 0.29) is 0 Å². The number of aromatic nitrogens is 2. The van der Waals surface area contributed by atoms with Crippen LogP contribution in [0.2, 0.25) is 0 Å². The van der Waals surface area contributed by atoms with Crippen LogP contribution in [0.25, 0.3) is 11.3 Å². The van der Waals surface area contributed by atoms with Crippen molar-refractivity contribution in [2.75, 3.05) is 12.4 Å². The Labute approximate surface area is 116 Å². The highest BCUT2D eigenvalue weighted by molar-refractivity contribution is 7.99. The Hall–Kier alpha value is -2.06. The Kier molecular flexibility index (Phi) is 4.76. The molecule has 0 spiro atoms. The second-order valence-electron chi connectivity index (χ2n) is 3.66. The van der Waals surface area contributed by atoms with Crippen molar-refractivity contribution in [3.05, 3.63) is 36.4 Å². The molecular weight excluding hydrogens is 258 g/mol. The summed E-state index contributed by atoms with van der Waals surface area (Å²) >= 11 is 1.38. The number of ether oxygens (including phenoxy) is 1. The number of rotatable bonds is 5. The molecule has 0 amide bonds. The lowest BCUT2D eigenvalue weighted by molar-refractivity contribution is 0.340. The molecule has 0 N–H and O–H groups in total. The highest BCUT2D eigenvalue weighted by Gasteiger charge is 2.02. The minimum atomic E-state index is 0.386. The third kappa shape index (κ3) is 3.70. The first kappa shape index (κ1) is 13.4. The van der Waals surface area contributed by atoms with Gasteiger partial charge in [0.1, 0.15) is 10.8 Å². The van der Waals surface area contributed by atoms with E-state index in [9.17, 15) is 0 Å². The van der Waals surface area contributed by atoms with Gasteiger partial charge in [-0.25, -0.2) is 0 Å². The second kappa shape index (κ2) is 6.76. The fourth-order valence-corrected chi connectivity index (χ4v) is 2.02. The number of nitriles is 1. The molecule has 0 unspecified atom stereocenters. The van der Waals surface area contributed by atoms with Gasteiger partial charge in [-0.2, -0.15) is 5.26 Å². The summed E-state index contributed by atoms with van der Waals surface area (Å²) in [5.41, 5.74) is 1.80. The van der Waals surface area contributed by atoms with Crippen molar-refractivity contribution in [3.63, 3.8) is 0 Å². The van der Waals surface area contributed by atoms with Gasteiger partial charge in [0.25, 0.3) is 0 Å². The maximum absolute atomic E-state index is 8.50. The quantitative estimate of drug-likeness (QED) is 0.782.